The zero-order valence-electron chi connectivity index (χ0n) is 8.56. The van der Waals surface area contributed by atoms with E-state index in [2.05, 4.69) is 0 Å². The number of phenolic OH excluding ortho intramolecular Hbond substituents is 1. The molecule has 4 nitrogen and oxygen atoms in total. The number of carboxylic acids is 1. The number of hydrogen-bond acceptors (Lipinski definition) is 3. The average molecular weight is 210 g/mol. The van der Waals surface area contributed by atoms with Crippen molar-refractivity contribution in [2.75, 3.05) is 6.61 Å². The minimum absolute atomic E-state index is 0.168. The van der Waals surface area contributed by atoms with Gasteiger partial charge in [0.2, 0.25) is 0 Å². The summed E-state index contributed by atoms with van der Waals surface area (Å²) in [6, 6.07) is 4.67. The molecule has 0 aromatic heterocycles. The molecule has 0 aliphatic carbocycles. The monoisotopic (exact) mass is 210 g/mol. The van der Waals surface area contributed by atoms with Gasteiger partial charge in [0.1, 0.15) is 11.5 Å². The zero-order chi connectivity index (χ0) is 11.3. The number of phenols is 1. The van der Waals surface area contributed by atoms with E-state index in [1.54, 1.807) is 12.1 Å². The molecule has 0 heterocycles. The Balaban J connectivity index is 2.80. The van der Waals surface area contributed by atoms with Crippen LogP contribution < -0.4 is 4.74 Å². The van der Waals surface area contributed by atoms with Gasteiger partial charge in [-0.3, -0.25) is 0 Å². The number of benzene rings is 1. The van der Waals surface area contributed by atoms with Gasteiger partial charge in [-0.05, 0) is 30.2 Å². The van der Waals surface area contributed by atoms with Gasteiger partial charge < -0.3 is 14.9 Å². The number of aromatic hydroxyl groups is 1. The normalized spacial score (nSPS) is 9.93. The molecule has 15 heavy (non-hydrogen) atoms. The van der Waals surface area contributed by atoms with E-state index in [0.717, 1.165) is 18.4 Å². The van der Waals surface area contributed by atoms with Crippen molar-refractivity contribution in [3.05, 3.63) is 23.8 Å². The maximum atomic E-state index is 10.3. The maximum Gasteiger partial charge on any atom is 0.341 e. The third-order valence-corrected chi connectivity index (χ3v) is 1.91. The molecule has 0 atom stereocenters. The zero-order valence-corrected chi connectivity index (χ0v) is 8.56. The van der Waals surface area contributed by atoms with Gasteiger partial charge in [0.25, 0.3) is 0 Å². The molecule has 0 saturated heterocycles. The van der Waals surface area contributed by atoms with Crippen molar-refractivity contribution in [1.82, 2.24) is 0 Å². The molecule has 82 valence electrons. The van der Waals surface area contributed by atoms with Crippen LogP contribution in [0.25, 0.3) is 0 Å². The number of aryl methyl sites for hydroxylation is 1. The van der Waals surface area contributed by atoms with E-state index < -0.39 is 5.97 Å². The van der Waals surface area contributed by atoms with E-state index in [1.807, 2.05) is 6.92 Å². The summed E-state index contributed by atoms with van der Waals surface area (Å²) in [5, 5.41) is 17.7. The van der Waals surface area contributed by atoms with Crippen LogP contribution in [-0.2, 0) is 11.2 Å². The van der Waals surface area contributed by atoms with E-state index in [0.29, 0.717) is 5.75 Å². The van der Waals surface area contributed by atoms with E-state index in [-0.39, 0.29) is 12.4 Å². The number of carbonyl (C=O) groups is 1. The first kappa shape index (κ1) is 11.4. The lowest BCUT2D eigenvalue weighted by Gasteiger charge is -2.09. The Morgan fingerprint density at radius 1 is 1.47 bits per heavy atom. The highest BCUT2D eigenvalue weighted by Crippen LogP contribution is 2.24. The summed E-state index contributed by atoms with van der Waals surface area (Å²) in [6.07, 6.45) is 1.66. The first-order chi connectivity index (χ1) is 7.13. The highest BCUT2D eigenvalue weighted by Gasteiger charge is 2.06. The quantitative estimate of drug-likeness (QED) is 0.777. The lowest BCUT2D eigenvalue weighted by atomic mass is 10.1. The third kappa shape index (κ3) is 3.50. The van der Waals surface area contributed by atoms with E-state index in [9.17, 15) is 9.90 Å². The van der Waals surface area contributed by atoms with Crippen molar-refractivity contribution >= 4 is 5.97 Å². The summed E-state index contributed by atoms with van der Waals surface area (Å²) >= 11 is 0. The highest BCUT2D eigenvalue weighted by atomic mass is 16.5. The summed E-state index contributed by atoms with van der Waals surface area (Å²) in [4.78, 5) is 10.3. The lowest BCUT2D eigenvalue weighted by molar-refractivity contribution is -0.139. The van der Waals surface area contributed by atoms with Crippen LogP contribution in [0.4, 0.5) is 0 Å². The fourth-order valence-corrected chi connectivity index (χ4v) is 1.31. The van der Waals surface area contributed by atoms with Crippen molar-refractivity contribution in [2.45, 2.75) is 19.8 Å². The van der Waals surface area contributed by atoms with Gasteiger partial charge in [-0.1, -0.05) is 13.3 Å². The van der Waals surface area contributed by atoms with Crippen LogP contribution in [0.5, 0.6) is 11.5 Å². The number of rotatable bonds is 5. The number of aliphatic carboxylic acids is 1. The minimum atomic E-state index is -1.01. The summed E-state index contributed by atoms with van der Waals surface area (Å²) in [5.41, 5.74) is 0.832. The predicted octanol–water partition coefficient (Wildman–Crippen LogP) is 1.81. The van der Waals surface area contributed by atoms with Crippen LogP contribution in [-0.4, -0.2) is 22.8 Å². The molecule has 1 rings (SSSR count). The van der Waals surface area contributed by atoms with Crippen LogP contribution in [0.2, 0.25) is 0 Å². The molecule has 0 aliphatic rings. The van der Waals surface area contributed by atoms with Gasteiger partial charge in [0.15, 0.2) is 6.61 Å². The molecular formula is C11H14O4. The van der Waals surface area contributed by atoms with E-state index in [1.165, 1.54) is 6.07 Å². The van der Waals surface area contributed by atoms with Gasteiger partial charge in [0, 0.05) is 0 Å². The van der Waals surface area contributed by atoms with Gasteiger partial charge in [-0.25, -0.2) is 4.79 Å². The minimum Gasteiger partial charge on any atom is -0.508 e. The maximum absolute atomic E-state index is 10.3. The largest absolute Gasteiger partial charge is 0.508 e. The van der Waals surface area contributed by atoms with Crippen LogP contribution in [0.15, 0.2) is 18.2 Å². The summed E-state index contributed by atoms with van der Waals surface area (Å²) < 4.78 is 5.10. The summed E-state index contributed by atoms with van der Waals surface area (Å²) in [5.74, 6) is -0.316. The molecule has 0 aliphatic heterocycles. The second-order valence-corrected chi connectivity index (χ2v) is 3.22. The molecule has 1 aromatic carbocycles. The fraction of sp³-hybridized carbons (Fsp3) is 0.364. The van der Waals surface area contributed by atoms with Crippen LogP contribution >= 0.6 is 0 Å². The SMILES string of the molecule is CCCc1cc(O)ccc1OCC(=O)O. The van der Waals surface area contributed by atoms with Crippen molar-refractivity contribution in [2.24, 2.45) is 0 Å². The van der Waals surface area contributed by atoms with Crippen molar-refractivity contribution < 1.29 is 19.7 Å². The summed E-state index contributed by atoms with van der Waals surface area (Å²) in [7, 11) is 0. The predicted molar refractivity (Wildman–Crippen MR) is 55.2 cm³/mol. The molecule has 0 fully saturated rings. The second kappa shape index (κ2) is 5.24. The Morgan fingerprint density at radius 3 is 2.80 bits per heavy atom. The van der Waals surface area contributed by atoms with Gasteiger partial charge in [-0.2, -0.15) is 0 Å². The van der Waals surface area contributed by atoms with E-state index >= 15 is 0 Å². The Bertz CT molecular complexity index is 346. The molecule has 0 unspecified atom stereocenters. The molecular weight excluding hydrogens is 196 g/mol. The third-order valence-electron chi connectivity index (χ3n) is 1.91. The number of hydrogen-bond donors (Lipinski definition) is 2. The van der Waals surface area contributed by atoms with Crippen molar-refractivity contribution in [1.29, 1.82) is 0 Å². The van der Waals surface area contributed by atoms with Crippen LogP contribution in [0.1, 0.15) is 18.9 Å². The van der Waals surface area contributed by atoms with Crippen LogP contribution in [0.3, 0.4) is 0 Å². The Hall–Kier alpha value is -1.71. The molecule has 2 N–H and O–H groups in total. The fourth-order valence-electron chi connectivity index (χ4n) is 1.31. The summed E-state index contributed by atoms with van der Waals surface area (Å²) in [6.45, 7) is 1.65. The Morgan fingerprint density at radius 2 is 2.20 bits per heavy atom. The standard InChI is InChI=1S/C11H14O4/c1-2-3-8-6-9(12)4-5-10(8)15-7-11(13)14/h4-6,12H,2-3,7H2,1H3,(H,13,14). The molecule has 0 saturated carbocycles. The topological polar surface area (TPSA) is 66.8 Å². The molecule has 1 aromatic rings. The van der Waals surface area contributed by atoms with E-state index in [4.69, 9.17) is 9.84 Å². The van der Waals surface area contributed by atoms with Crippen molar-refractivity contribution in [3.8, 4) is 11.5 Å². The molecule has 0 amide bonds. The molecule has 0 spiro atoms. The first-order valence-electron chi connectivity index (χ1n) is 4.80. The number of ether oxygens (including phenoxy) is 1. The van der Waals surface area contributed by atoms with Crippen molar-refractivity contribution in [3.63, 3.8) is 0 Å². The number of carboxylic acid groups (broad SMARTS) is 1. The second-order valence-electron chi connectivity index (χ2n) is 3.22. The first-order valence-corrected chi connectivity index (χ1v) is 4.80. The Kier molecular flexibility index (Phi) is 3.97. The molecule has 4 heteroatoms. The average Bonchev–Trinajstić information content (AvgIpc) is 2.17. The smallest absolute Gasteiger partial charge is 0.341 e. The lowest BCUT2D eigenvalue weighted by Crippen LogP contribution is -2.10. The Labute approximate surface area is 88.1 Å². The van der Waals surface area contributed by atoms with Crippen LogP contribution in [0, 0.1) is 0 Å². The van der Waals surface area contributed by atoms with Gasteiger partial charge in [0.05, 0.1) is 0 Å². The van der Waals surface area contributed by atoms with Gasteiger partial charge in [-0.15, -0.1) is 0 Å². The molecule has 0 bridgehead atoms. The highest BCUT2D eigenvalue weighted by molar-refractivity contribution is 5.68. The molecule has 0 radical (unpaired) electrons. The van der Waals surface area contributed by atoms with Gasteiger partial charge >= 0.3 is 5.97 Å².